The molecule has 33 heavy (non-hydrogen) atoms. The number of nitrogens with zero attached hydrogens (tertiary/aromatic N) is 4. The Morgan fingerprint density at radius 2 is 1.85 bits per heavy atom. The number of anilines is 1. The summed E-state index contributed by atoms with van der Waals surface area (Å²) >= 11 is 6.45. The van der Waals surface area contributed by atoms with E-state index >= 15 is 0 Å². The van der Waals surface area contributed by atoms with Crippen molar-refractivity contribution in [1.29, 1.82) is 0 Å². The van der Waals surface area contributed by atoms with Gasteiger partial charge >= 0.3 is 0 Å². The number of fused-ring (bicyclic) bond motifs is 1. The minimum atomic E-state index is 0.104. The molecular formula is C26H26ClN5O. The number of likely N-dealkylation sites (tertiary alicyclic amines) is 1. The minimum absolute atomic E-state index is 0.104. The standard InChI is InChI=1S/C26H26ClN5O/c1-17-6-5-7-19(14-17)26(33)31-12-10-20(11-13-31)29-24-15-23(21-8-3-4-9-22(21)27)30-25-18(2)16-28-32(24)25/h3-9,14-16,20,29H,10-13H2,1-2H3. The first-order valence-corrected chi connectivity index (χ1v) is 11.6. The van der Waals surface area contributed by atoms with E-state index in [-0.39, 0.29) is 11.9 Å². The summed E-state index contributed by atoms with van der Waals surface area (Å²) in [6.45, 7) is 5.45. The number of hydrogen-bond donors (Lipinski definition) is 1. The van der Waals surface area contributed by atoms with Gasteiger partial charge in [-0.3, -0.25) is 4.79 Å². The monoisotopic (exact) mass is 459 g/mol. The number of halogens is 1. The molecule has 0 unspecified atom stereocenters. The molecule has 0 bridgehead atoms. The fraction of sp³-hybridized carbons (Fsp3) is 0.269. The van der Waals surface area contributed by atoms with E-state index in [2.05, 4.69) is 10.4 Å². The highest BCUT2D eigenvalue weighted by Crippen LogP contribution is 2.30. The van der Waals surface area contributed by atoms with Crippen LogP contribution in [0.15, 0.2) is 60.8 Å². The van der Waals surface area contributed by atoms with Crippen LogP contribution in [0.25, 0.3) is 16.9 Å². The highest BCUT2D eigenvalue weighted by molar-refractivity contribution is 6.33. The zero-order valence-corrected chi connectivity index (χ0v) is 19.5. The maximum absolute atomic E-state index is 12.9. The van der Waals surface area contributed by atoms with Crippen molar-refractivity contribution in [2.75, 3.05) is 18.4 Å². The smallest absolute Gasteiger partial charge is 0.253 e. The molecule has 1 amide bonds. The first-order chi connectivity index (χ1) is 16.0. The molecule has 0 radical (unpaired) electrons. The van der Waals surface area contributed by atoms with E-state index in [0.717, 1.165) is 52.3 Å². The SMILES string of the molecule is Cc1cccc(C(=O)N2CCC(Nc3cc(-c4ccccc4Cl)nc4c(C)cnn34)CC2)c1. The third-order valence-corrected chi connectivity index (χ3v) is 6.53. The van der Waals surface area contributed by atoms with Crippen LogP contribution in [0.3, 0.4) is 0 Å². The second-order valence-corrected chi connectivity index (χ2v) is 9.06. The highest BCUT2D eigenvalue weighted by Gasteiger charge is 2.24. The summed E-state index contributed by atoms with van der Waals surface area (Å²) in [5, 5.41) is 8.85. The molecule has 1 aliphatic heterocycles. The van der Waals surface area contributed by atoms with E-state index in [1.165, 1.54) is 0 Å². The molecule has 4 aromatic rings. The highest BCUT2D eigenvalue weighted by atomic mass is 35.5. The number of piperidine rings is 1. The van der Waals surface area contributed by atoms with Crippen molar-refractivity contribution in [3.8, 4) is 11.3 Å². The van der Waals surface area contributed by atoms with Crippen molar-refractivity contribution in [3.63, 3.8) is 0 Å². The Balaban J connectivity index is 1.36. The number of nitrogens with one attached hydrogen (secondary N) is 1. The average molecular weight is 460 g/mol. The normalized spacial score (nSPS) is 14.6. The summed E-state index contributed by atoms with van der Waals surface area (Å²) in [6, 6.07) is 17.8. The molecule has 0 atom stereocenters. The number of carbonyl (C=O) groups excluding carboxylic acids is 1. The van der Waals surface area contributed by atoms with Crippen LogP contribution in [0, 0.1) is 13.8 Å². The first kappa shape index (κ1) is 21.5. The third kappa shape index (κ3) is 4.31. The number of carbonyl (C=O) groups is 1. The molecule has 0 saturated carbocycles. The molecule has 1 aliphatic rings. The topological polar surface area (TPSA) is 62.5 Å². The second-order valence-electron chi connectivity index (χ2n) is 8.65. The quantitative estimate of drug-likeness (QED) is 0.445. The number of aryl methyl sites for hydroxylation is 2. The van der Waals surface area contributed by atoms with Crippen molar-refractivity contribution in [1.82, 2.24) is 19.5 Å². The molecular weight excluding hydrogens is 434 g/mol. The van der Waals surface area contributed by atoms with Crippen LogP contribution in [0.4, 0.5) is 5.82 Å². The number of hydrogen-bond acceptors (Lipinski definition) is 4. The lowest BCUT2D eigenvalue weighted by atomic mass is 10.0. The third-order valence-electron chi connectivity index (χ3n) is 6.20. The van der Waals surface area contributed by atoms with Gasteiger partial charge in [0.1, 0.15) is 5.82 Å². The fourth-order valence-corrected chi connectivity index (χ4v) is 4.61. The molecule has 1 N–H and O–H groups in total. The minimum Gasteiger partial charge on any atom is -0.367 e. The average Bonchev–Trinajstić information content (AvgIpc) is 3.20. The van der Waals surface area contributed by atoms with Gasteiger partial charge < -0.3 is 10.2 Å². The molecule has 2 aromatic carbocycles. The predicted molar refractivity (Wildman–Crippen MR) is 132 cm³/mol. The molecule has 0 aliphatic carbocycles. The lowest BCUT2D eigenvalue weighted by molar-refractivity contribution is 0.0718. The van der Waals surface area contributed by atoms with Gasteiger partial charge in [-0.25, -0.2) is 4.98 Å². The Morgan fingerprint density at radius 1 is 1.06 bits per heavy atom. The van der Waals surface area contributed by atoms with Gasteiger partial charge in [0.15, 0.2) is 5.65 Å². The number of benzene rings is 2. The molecule has 2 aromatic heterocycles. The van der Waals surface area contributed by atoms with Crippen molar-refractivity contribution in [3.05, 3.63) is 82.5 Å². The molecule has 6 nitrogen and oxygen atoms in total. The van der Waals surface area contributed by atoms with Gasteiger partial charge in [-0.15, -0.1) is 0 Å². The Hall–Kier alpha value is -3.38. The summed E-state index contributed by atoms with van der Waals surface area (Å²) < 4.78 is 1.85. The summed E-state index contributed by atoms with van der Waals surface area (Å²) in [5.74, 6) is 0.985. The van der Waals surface area contributed by atoms with Crippen LogP contribution >= 0.6 is 11.6 Å². The van der Waals surface area contributed by atoms with Crippen LogP contribution in [0.5, 0.6) is 0 Å². The van der Waals surface area contributed by atoms with Crippen LogP contribution < -0.4 is 5.32 Å². The predicted octanol–water partition coefficient (Wildman–Crippen LogP) is 5.38. The maximum Gasteiger partial charge on any atom is 0.253 e. The van der Waals surface area contributed by atoms with E-state index in [9.17, 15) is 4.79 Å². The summed E-state index contributed by atoms with van der Waals surface area (Å²) in [5.41, 5.74) is 5.37. The van der Waals surface area contributed by atoms with E-state index in [4.69, 9.17) is 16.6 Å². The molecule has 1 fully saturated rings. The molecule has 7 heteroatoms. The molecule has 1 saturated heterocycles. The second kappa shape index (κ2) is 8.87. The van der Waals surface area contributed by atoms with E-state index in [0.29, 0.717) is 18.1 Å². The van der Waals surface area contributed by atoms with Gasteiger partial charge in [-0.1, -0.05) is 47.5 Å². The number of aromatic nitrogens is 3. The number of rotatable bonds is 4. The van der Waals surface area contributed by atoms with Crippen LogP contribution in [0.2, 0.25) is 5.02 Å². The van der Waals surface area contributed by atoms with Gasteiger partial charge in [0, 0.05) is 46.9 Å². The molecule has 168 valence electrons. The van der Waals surface area contributed by atoms with Gasteiger partial charge in [-0.05, 0) is 44.9 Å². The molecule has 0 spiro atoms. The van der Waals surface area contributed by atoms with Crippen molar-refractivity contribution < 1.29 is 4.79 Å². The zero-order valence-electron chi connectivity index (χ0n) is 18.8. The van der Waals surface area contributed by atoms with E-state index < -0.39 is 0 Å². The van der Waals surface area contributed by atoms with E-state index in [1.807, 2.05) is 84.1 Å². The van der Waals surface area contributed by atoms with Crippen molar-refractivity contribution in [2.24, 2.45) is 0 Å². The Kier molecular flexibility index (Phi) is 5.77. The molecule has 5 rings (SSSR count). The lowest BCUT2D eigenvalue weighted by Crippen LogP contribution is -2.42. The largest absolute Gasteiger partial charge is 0.367 e. The Morgan fingerprint density at radius 3 is 2.61 bits per heavy atom. The molecule has 3 heterocycles. The van der Waals surface area contributed by atoms with Gasteiger partial charge in [0.25, 0.3) is 5.91 Å². The Labute approximate surface area is 198 Å². The maximum atomic E-state index is 12.9. The summed E-state index contributed by atoms with van der Waals surface area (Å²) in [6.07, 6.45) is 3.55. The van der Waals surface area contributed by atoms with Crippen LogP contribution in [-0.4, -0.2) is 44.5 Å². The zero-order chi connectivity index (χ0) is 22.9. The van der Waals surface area contributed by atoms with E-state index in [1.54, 1.807) is 0 Å². The van der Waals surface area contributed by atoms with Crippen LogP contribution in [-0.2, 0) is 0 Å². The van der Waals surface area contributed by atoms with Crippen molar-refractivity contribution >= 4 is 29.0 Å². The van der Waals surface area contributed by atoms with Crippen LogP contribution in [0.1, 0.15) is 34.3 Å². The lowest BCUT2D eigenvalue weighted by Gasteiger charge is -2.33. The van der Waals surface area contributed by atoms with Gasteiger partial charge in [0.2, 0.25) is 0 Å². The number of amides is 1. The van der Waals surface area contributed by atoms with Gasteiger partial charge in [-0.2, -0.15) is 9.61 Å². The van der Waals surface area contributed by atoms with Crippen molar-refractivity contribution in [2.45, 2.75) is 32.7 Å². The fourth-order valence-electron chi connectivity index (χ4n) is 4.38. The summed E-state index contributed by atoms with van der Waals surface area (Å²) in [4.78, 5) is 19.7. The summed E-state index contributed by atoms with van der Waals surface area (Å²) in [7, 11) is 0. The van der Waals surface area contributed by atoms with Gasteiger partial charge in [0.05, 0.1) is 11.9 Å². The first-order valence-electron chi connectivity index (χ1n) is 11.2. The Bertz CT molecular complexity index is 1320.